The summed E-state index contributed by atoms with van der Waals surface area (Å²) in [6, 6.07) is 20.4. The standard InChI is InChI=1S/C30H38N2/c1-23-10-9-19-32(21-23)22-24-15-17-25(18-16-24)28-20-27-13-7-8-14-29(27)31-30(28)26-11-5-3-2-4-6-12-26/h7-8,13-18,20,23,26H,2-6,9-12,19,21-22H2,1H3. The highest BCUT2D eigenvalue weighted by Gasteiger charge is 2.21. The average Bonchev–Trinajstić information content (AvgIpc) is 2.79. The zero-order valence-corrected chi connectivity index (χ0v) is 19.7. The van der Waals surface area contributed by atoms with E-state index in [-0.39, 0.29) is 0 Å². The summed E-state index contributed by atoms with van der Waals surface area (Å²) < 4.78 is 0. The average molecular weight is 427 g/mol. The zero-order valence-electron chi connectivity index (χ0n) is 19.7. The summed E-state index contributed by atoms with van der Waals surface area (Å²) in [5.41, 5.74) is 6.60. The lowest BCUT2D eigenvalue weighted by Crippen LogP contribution is -2.33. The number of hydrogen-bond acceptors (Lipinski definition) is 2. The summed E-state index contributed by atoms with van der Waals surface area (Å²) in [6.07, 6.45) is 12.1. The molecular weight excluding hydrogens is 388 g/mol. The van der Waals surface area contributed by atoms with Crippen LogP contribution >= 0.6 is 0 Å². The van der Waals surface area contributed by atoms with Gasteiger partial charge in [0, 0.05) is 30.0 Å². The monoisotopic (exact) mass is 426 g/mol. The molecule has 1 unspecified atom stereocenters. The van der Waals surface area contributed by atoms with Crippen LogP contribution in [-0.4, -0.2) is 23.0 Å². The van der Waals surface area contributed by atoms with E-state index in [4.69, 9.17) is 4.98 Å². The summed E-state index contributed by atoms with van der Waals surface area (Å²) in [5.74, 6) is 1.42. The summed E-state index contributed by atoms with van der Waals surface area (Å²) in [7, 11) is 0. The molecular formula is C30H38N2. The number of rotatable bonds is 4. The topological polar surface area (TPSA) is 16.1 Å². The Morgan fingerprint density at radius 1 is 0.844 bits per heavy atom. The van der Waals surface area contributed by atoms with E-state index in [1.54, 1.807) is 0 Å². The third-order valence-electron chi connectivity index (χ3n) is 7.66. The molecule has 1 saturated heterocycles. The number of piperidine rings is 1. The first-order valence-electron chi connectivity index (χ1n) is 13.0. The van der Waals surface area contributed by atoms with Crippen molar-refractivity contribution in [2.24, 2.45) is 5.92 Å². The Morgan fingerprint density at radius 2 is 1.59 bits per heavy atom. The van der Waals surface area contributed by atoms with Gasteiger partial charge in [-0.25, -0.2) is 0 Å². The Bertz CT molecular complexity index is 1010. The van der Waals surface area contributed by atoms with Crippen LogP contribution in [0.15, 0.2) is 54.6 Å². The van der Waals surface area contributed by atoms with E-state index in [1.165, 1.54) is 98.6 Å². The number of hydrogen-bond donors (Lipinski definition) is 0. The van der Waals surface area contributed by atoms with E-state index in [9.17, 15) is 0 Å². The Balaban J connectivity index is 1.45. The fourth-order valence-corrected chi connectivity index (χ4v) is 5.88. The van der Waals surface area contributed by atoms with Gasteiger partial charge in [0.2, 0.25) is 0 Å². The molecule has 2 fully saturated rings. The molecule has 2 nitrogen and oxygen atoms in total. The second kappa shape index (κ2) is 10.2. The molecule has 0 spiro atoms. The first kappa shape index (κ1) is 21.6. The number of aromatic nitrogens is 1. The van der Waals surface area contributed by atoms with Gasteiger partial charge in [0.1, 0.15) is 0 Å². The molecule has 1 aliphatic heterocycles. The van der Waals surface area contributed by atoms with Crippen molar-refractivity contribution >= 4 is 10.9 Å². The molecule has 168 valence electrons. The van der Waals surface area contributed by atoms with Gasteiger partial charge < -0.3 is 0 Å². The van der Waals surface area contributed by atoms with Crippen molar-refractivity contribution in [1.82, 2.24) is 9.88 Å². The van der Waals surface area contributed by atoms with Crippen LogP contribution in [0.2, 0.25) is 0 Å². The fraction of sp³-hybridized carbons (Fsp3) is 0.500. The fourth-order valence-electron chi connectivity index (χ4n) is 5.88. The summed E-state index contributed by atoms with van der Waals surface area (Å²) in [5, 5.41) is 1.25. The first-order chi connectivity index (χ1) is 15.8. The van der Waals surface area contributed by atoms with Gasteiger partial charge in [-0.3, -0.25) is 9.88 Å². The molecule has 1 aliphatic carbocycles. The van der Waals surface area contributed by atoms with Crippen molar-refractivity contribution in [2.75, 3.05) is 13.1 Å². The van der Waals surface area contributed by atoms with Gasteiger partial charge in [0.15, 0.2) is 0 Å². The number of benzene rings is 2. The smallest absolute Gasteiger partial charge is 0.0705 e. The molecule has 0 N–H and O–H groups in total. The Morgan fingerprint density at radius 3 is 2.38 bits per heavy atom. The minimum absolute atomic E-state index is 0.587. The second-order valence-electron chi connectivity index (χ2n) is 10.3. The van der Waals surface area contributed by atoms with Gasteiger partial charge in [-0.2, -0.15) is 0 Å². The van der Waals surface area contributed by atoms with Gasteiger partial charge in [0.25, 0.3) is 0 Å². The lowest BCUT2D eigenvalue weighted by atomic mass is 9.85. The van der Waals surface area contributed by atoms with Gasteiger partial charge in [-0.15, -0.1) is 0 Å². The van der Waals surface area contributed by atoms with Crippen molar-refractivity contribution in [1.29, 1.82) is 0 Å². The predicted molar refractivity (Wildman–Crippen MR) is 136 cm³/mol. The van der Waals surface area contributed by atoms with Gasteiger partial charge in [-0.05, 0) is 61.4 Å². The minimum atomic E-state index is 0.587. The van der Waals surface area contributed by atoms with Crippen LogP contribution < -0.4 is 0 Å². The summed E-state index contributed by atoms with van der Waals surface area (Å²) in [6.45, 7) is 5.95. The van der Waals surface area contributed by atoms with E-state index in [0.29, 0.717) is 5.92 Å². The SMILES string of the molecule is CC1CCCN(Cc2ccc(-c3cc4ccccc4nc3C3CCCCCCC3)cc2)C1. The molecule has 1 atom stereocenters. The highest BCUT2D eigenvalue weighted by atomic mass is 15.1. The van der Waals surface area contributed by atoms with Crippen LogP contribution in [0.25, 0.3) is 22.0 Å². The van der Waals surface area contributed by atoms with Crippen molar-refractivity contribution in [3.63, 3.8) is 0 Å². The molecule has 0 amide bonds. The number of nitrogens with zero attached hydrogens (tertiary/aromatic N) is 2. The van der Waals surface area contributed by atoms with Crippen molar-refractivity contribution < 1.29 is 0 Å². The predicted octanol–water partition coefficient (Wildman–Crippen LogP) is 7.96. The van der Waals surface area contributed by atoms with E-state index >= 15 is 0 Å². The Kier molecular flexibility index (Phi) is 6.88. The lowest BCUT2D eigenvalue weighted by molar-refractivity contribution is 0.176. The van der Waals surface area contributed by atoms with Gasteiger partial charge in [-0.1, -0.05) is 81.5 Å². The quantitative estimate of drug-likeness (QED) is 0.420. The lowest BCUT2D eigenvalue weighted by Gasteiger charge is -2.30. The number of fused-ring (bicyclic) bond motifs is 1. The molecule has 2 aromatic carbocycles. The van der Waals surface area contributed by atoms with E-state index in [0.717, 1.165) is 18.0 Å². The molecule has 0 bridgehead atoms. The van der Waals surface area contributed by atoms with Crippen LogP contribution in [0.4, 0.5) is 0 Å². The molecule has 0 radical (unpaired) electrons. The third-order valence-corrected chi connectivity index (χ3v) is 7.66. The maximum Gasteiger partial charge on any atom is 0.0705 e. The Labute approximate surface area is 194 Å². The van der Waals surface area contributed by atoms with E-state index in [1.807, 2.05) is 0 Å². The van der Waals surface area contributed by atoms with Crippen LogP contribution in [0, 0.1) is 5.92 Å². The number of likely N-dealkylation sites (tertiary alicyclic amines) is 1. The van der Waals surface area contributed by atoms with Crippen LogP contribution in [0.3, 0.4) is 0 Å². The van der Waals surface area contributed by atoms with Crippen LogP contribution in [0.1, 0.15) is 81.9 Å². The molecule has 3 aromatic rings. The molecule has 32 heavy (non-hydrogen) atoms. The molecule has 2 heteroatoms. The van der Waals surface area contributed by atoms with Crippen molar-refractivity contribution in [3.8, 4) is 11.1 Å². The normalized spacial score (nSPS) is 21.3. The summed E-state index contributed by atoms with van der Waals surface area (Å²) >= 11 is 0. The van der Waals surface area contributed by atoms with Gasteiger partial charge >= 0.3 is 0 Å². The molecule has 1 saturated carbocycles. The van der Waals surface area contributed by atoms with Crippen LogP contribution in [0.5, 0.6) is 0 Å². The van der Waals surface area contributed by atoms with Gasteiger partial charge in [0.05, 0.1) is 11.2 Å². The second-order valence-corrected chi connectivity index (χ2v) is 10.3. The largest absolute Gasteiger partial charge is 0.299 e. The van der Waals surface area contributed by atoms with Crippen LogP contribution in [-0.2, 0) is 6.54 Å². The molecule has 2 heterocycles. The first-order valence-corrected chi connectivity index (χ1v) is 13.0. The maximum atomic E-state index is 5.26. The van der Waals surface area contributed by atoms with Crippen molar-refractivity contribution in [2.45, 2.75) is 77.2 Å². The van der Waals surface area contributed by atoms with E-state index in [2.05, 4.69) is 66.4 Å². The summed E-state index contributed by atoms with van der Waals surface area (Å²) in [4.78, 5) is 7.89. The van der Waals surface area contributed by atoms with E-state index < -0.39 is 0 Å². The number of para-hydroxylation sites is 1. The highest BCUT2D eigenvalue weighted by molar-refractivity contribution is 5.85. The number of pyridine rings is 1. The molecule has 5 rings (SSSR count). The Hall–Kier alpha value is -2.19. The third kappa shape index (κ3) is 5.07. The van der Waals surface area contributed by atoms with Crippen molar-refractivity contribution in [3.05, 3.63) is 65.9 Å². The zero-order chi connectivity index (χ0) is 21.8. The maximum absolute atomic E-state index is 5.26. The highest BCUT2D eigenvalue weighted by Crippen LogP contribution is 2.37. The molecule has 1 aromatic heterocycles. The minimum Gasteiger partial charge on any atom is -0.299 e. The molecule has 2 aliphatic rings.